The van der Waals surface area contributed by atoms with E-state index in [1.807, 2.05) is 53.9 Å². The van der Waals surface area contributed by atoms with Crippen LogP contribution in [0.1, 0.15) is 41.5 Å². The van der Waals surface area contributed by atoms with E-state index in [1.165, 1.54) is 0 Å². The Hall–Kier alpha value is -2.47. The highest BCUT2D eigenvalue weighted by atomic mass is 16.2. The highest BCUT2D eigenvalue weighted by Crippen LogP contribution is 2.25. The number of carbonyl (C=O) groups is 1. The SMILES string of the molecule is CN(C)C[C@@H]1CCCc2nc3c(c(=O)n21)CN(C(=O)Cc1ccccc1)CC3. The van der Waals surface area contributed by atoms with Crippen molar-refractivity contribution >= 4 is 5.91 Å². The lowest BCUT2D eigenvalue weighted by molar-refractivity contribution is -0.131. The van der Waals surface area contributed by atoms with Crippen LogP contribution in [0.4, 0.5) is 0 Å². The van der Waals surface area contributed by atoms with Gasteiger partial charge in [0, 0.05) is 25.9 Å². The third kappa shape index (κ3) is 3.74. The lowest BCUT2D eigenvalue weighted by Gasteiger charge is -2.33. The highest BCUT2D eigenvalue weighted by molar-refractivity contribution is 5.79. The number of likely N-dealkylation sites (N-methyl/N-ethyl adjacent to an activating group) is 1. The minimum absolute atomic E-state index is 0.0590. The van der Waals surface area contributed by atoms with Gasteiger partial charge in [-0.3, -0.25) is 14.2 Å². The Morgan fingerprint density at radius 1 is 1.21 bits per heavy atom. The molecule has 0 aliphatic carbocycles. The lowest BCUT2D eigenvalue weighted by Crippen LogP contribution is -2.45. The maximum atomic E-state index is 13.3. The maximum absolute atomic E-state index is 13.3. The molecule has 0 saturated heterocycles. The first-order chi connectivity index (χ1) is 13.5. The van der Waals surface area contributed by atoms with E-state index in [-0.39, 0.29) is 17.5 Å². The molecule has 148 valence electrons. The number of benzene rings is 1. The third-order valence-corrected chi connectivity index (χ3v) is 5.76. The van der Waals surface area contributed by atoms with Gasteiger partial charge in [0.1, 0.15) is 5.82 Å². The molecule has 0 saturated carbocycles. The van der Waals surface area contributed by atoms with E-state index in [0.717, 1.165) is 42.9 Å². The predicted molar refractivity (Wildman–Crippen MR) is 108 cm³/mol. The van der Waals surface area contributed by atoms with Crippen LogP contribution >= 0.6 is 0 Å². The molecule has 2 aliphatic rings. The topological polar surface area (TPSA) is 58.4 Å². The molecule has 6 heteroatoms. The van der Waals surface area contributed by atoms with E-state index in [2.05, 4.69) is 4.90 Å². The van der Waals surface area contributed by atoms with Crippen molar-refractivity contribution in [2.45, 2.75) is 44.7 Å². The second-order valence-electron chi connectivity index (χ2n) is 8.16. The summed E-state index contributed by atoms with van der Waals surface area (Å²) in [6, 6.07) is 9.94. The van der Waals surface area contributed by atoms with Crippen molar-refractivity contribution in [1.29, 1.82) is 0 Å². The first-order valence-electron chi connectivity index (χ1n) is 10.1. The molecule has 0 unspecified atom stereocenters. The Bertz CT molecular complexity index is 920. The monoisotopic (exact) mass is 380 g/mol. The number of carbonyl (C=O) groups excluding carboxylic acids is 1. The minimum atomic E-state index is 0.0590. The van der Waals surface area contributed by atoms with Crippen LogP contribution in [0.5, 0.6) is 0 Å². The molecule has 0 N–H and O–H groups in total. The van der Waals surface area contributed by atoms with E-state index in [9.17, 15) is 9.59 Å². The van der Waals surface area contributed by atoms with Crippen molar-refractivity contribution in [2.24, 2.45) is 0 Å². The number of amides is 1. The number of rotatable bonds is 4. The second-order valence-corrected chi connectivity index (χ2v) is 8.16. The van der Waals surface area contributed by atoms with E-state index >= 15 is 0 Å². The summed E-state index contributed by atoms with van der Waals surface area (Å²) >= 11 is 0. The van der Waals surface area contributed by atoms with Gasteiger partial charge in [-0.15, -0.1) is 0 Å². The molecule has 0 fully saturated rings. The van der Waals surface area contributed by atoms with Crippen LogP contribution in [0, 0.1) is 0 Å². The van der Waals surface area contributed by atoms with Crippen LogP contribution in [0.2, 0.25) is 0 Å². The standard InChI is InChI=1S/C22H28N4O2/c1-24(2)14-17-9-6-10-20-23-19-11-12-25(15-18(19)22(28)26(17)20)21(27)13-16-7-4-3-5-8-16/h3-5,7-8,17H,6,9-15H2,1-2H3/t17-/m0/s1. The zero-order valence-corrected chi connectivity index (χ0v) is 16.7. The quantitative estimate of drug-likeness (QED) is 0.812. The van der Waals surface area contributed by atoms with Crippen molar-refractivity contribution in [2.75, 3.05) is 27.2 Å². The Labute approximate surface area is 165 Å². The first-order valence-corrected chi connectivity index (χ1v) is 10.1. The number of hydrogen-bond donors (Lipinski definition) is 0. The fraction of sp³-hybridized carbons (Fsp3) is 0.500. The fourth-order valence-electron chi connectivity index (χ4n) is 4.41. The summed E-state index contributed by atoms with van der Waals surface area (Å²) in [6.45, 7) is 1.85. The normalized spacial score (nSPS) is 18.7. The smallest absolute Gasteiger partial charge is 0.259 e. The number of nitrogens with zero attached hydrogens (tertiary/aromatic N) is 4. The first kappa shape index (κ1) is 18.9. The van der Waals surface area contributed by atoms with Crippen LogP contribution in [0.15, 0.2) is 35.1 Å². The summed E-state index contributed by atoms with van der Waals surface area (Å²) in [6.07, 6.45) is 3.98. The van der Waals surface area contributed by atoms with Gasteiger partial charge >= 0.3 is 0 Å². The van der Waals surface area contributed by atoms with Crippen molar-refractivity contribution < 1.29 is 4.79 Å². The molecule has 0 spiro atoms. The van der Waals surface area contributed by atoms with E-state index < -0.39 is 0 Å². The van der Waals surface area contributed by atoms with Gasteiger partial charge in [0.2, 0.25) is 5.91 Å². The molecule has 28 heavy (non-hydrogen) atoms. The molecule has 1 amide bonds. The highest BCUT2D eigenvalue weighted by Gasteiger charge is 2.30. The van der Waals surface area contributed by atoms with Gasteiger partial charge in [-0.25, -0.2) is 4.98 Å². The van der Waals surface area contributed by atoms with E-state index in [1.54, 1.807) is 0 Å². The molecule has 0 radical (unpaired) electrons. The molecular formula is C22H28N4O2. The molecule has 4 rings (SSSR count). The molecule has 1 aromatic carbocycles. The van der Waals surface area contributed by atoms with Crippen molar-refractivity contribution in [1.82, 2.24) is 19.4 Å². The Morgan fingerprint density at radius 3 is 2.75 bits per heavy atom. The Balaban J connectivity index is 1.60. The molecule has 2 aliphatic heterocycles. The zero-order chi connectivity index (χ0) is 19.7. The number of aromatic nitrogens is 2. The summed E-state index contributed by atoms with van der Waals surface area (Å²) in [5.41, 5.74) is 2.67. The molecule has 2 aromatic rings. The average molecular weight is 380 g/mol. The van der Waals surface area contributed by atoms with Gasteiger partial charge in [0.05, 0.1) is 30.3 Å². The van der Waals surface area contributed by atoms with Crippen LogP contribution in [0.25, 0.3) is 0 Å². The van der Waals surface area contributed by atoms with E-state index in [0.29, 0.717) is 31.5 Å². The summed E-state index contributed by atoms with van der Waals surface area (Å²) in [7, 11) is 4.07. The van der Waals surface area contributed by atoms with Crippen LogP contribution in [0.3, 0.4) is 0 Å². The molecule has 3 heterocycles. The molecular weight excluding hydrogens is 352 g/mol. The summed E-state index contributed by atoms with van der Waals surface area (Å²) < 4.78 is 1.91. The maximum Gasteiger partial charge on any atom is 0.259 e. The van der Waals surface area contributed by atoms with Crippen LogP contribution in [-0.2, 0) is 30.6 Å². The Kier molecular flexibility index (Phi) is 5.31. The average Bonchev–Trinajstić information content (AvgIpc) is 2.68. The van der Waals surface area contributed by atoms with Gasteiger partial charge in [0.15, 0.2) is 0 Å². The van der Waals surface area contributed by atoms with Crippen molar-refractivity contribution in [3.63, 3.8) is 0 Å². The van der Waals surface area contributed by atoms with Crippen LogP contribution < -0.4 is 5.56 Å². The van der Waals surface area contributed by atoms with Gasteiger partial charge < -0.3 is 9.80 Å². The van der Waals surface area contributed by atoms with Gasteiger partial charge in [-0.05, 0) is 32.5 Å². The summed E-state index contributed by atoms with van der Waals surface area (Å²) in [5, 5.41) is 0. The van der Waals surface area contributed by atoms with Crippen LogP contribution in [-0.4, -0.2) is 52.4 Å². The predicted octanol–water partition coefficient (Wildman–Crippen LogP) is 1.81. The van der Waals surface area contributed by atoms with E-state index in [4.69, 9.17) is 4.98 Å². The number of aryl methyl sites for hydroxylation is 1. The van der Waals surface area contributed by atoms with Gasteiger partial charge in [0.25, 0.3) is 5.56 Å². The van der Waals surface area contributed by atoms with Gasteiger partial charge in [-0.2, -0.15) is 0 Å². The van der Waals surface area contributed by atoms with Gasteiger partial charge in [-0.1, -0.05) is 30.3 Å². The van der Waals surface area contributed by atoms with Crippen molar-refractivity contribution in [3.8, 4) is 0 Å². The Morgan fingerprint density at radius 2 is 2.00 bits per heavy atom. The summed E-state index contributed by atoms with van der Waals surface area (Å²) in [5.74, 6) is 0.995. The third-order valence-electron chi connectivity index (χ3n) is 5.76. The molecule has 1 atom stereocenters. The minimum Gasteiger partial charge on any atom is -0.337 e. The second kappa shape index (κ2) is 7.87. The van der Waals surface area contributed by atoms with Crippen molar-refractivity contribution in [3.05, 3.63) is 63.3 Å². The number of hydrogen-bond acceptors (Lipinski definition) is 4. The lowest BCUT2D eigenvalue weighted by atomic mass is 10.00. The molecule has 1 aromatic heterocycles. The largest absolute Gasteiger partial charge is 0.337 e. The zero-order valence-electron chi connectivity index (χ0n) is 16.7. The molecule has 6 nitrogen and oxygen atoms in total. The fourth-order valence-corrected chi connectivity index (χ4v) is 4.41. The molecule has 0 bridgehead atoms. The number of fused-ring (bicyclic) bond motifs is 2. The summed E-state index contributed by atoms with van der Waals surface area (Å²) in [4.78, 5) is 34.9.